The average Bonchev–Trinajstić information content (AvgIpc) is 3.24. The minimum absolute atomic E-state index is 0.156. The lowest BCUT2D eigenvalue weighted by Crippen LogP contribution is -2.54. The second-order valence-electron chi connectivity index (χ2n) is 10.6. The van der Waals surface area contributed by atoms with Crippen molar-refractivity contribution in [2.45, 2.75) is 25.2 Å². The molecule has 3 aliphatic carbocycles. The number of aryl methyl sites for hydroxylation is 1. The minimum Gasteiger partial charge on any atom is -0.494 e. The monoisotopic (exact) mass is 512 g/mol. The van der Waals surface area contributed by atoms with Crippen LogP contribution in [0.2, 0.25) is 0 Å². The molecule has 8 rings (SSSR count). The van der Waals surface area contributed by atoms with Gasteiger partial charge in [0, 0.05) is 12.1 Å². The van der Waals surface area contributed by atoms with E-state index in [1.54, 1.807) is 12.1 Å². The van der Waals surface area contributed by atoms with Crippen LogP contribution in [-0.2, 0) is 15.0 Å². The lowest BCUT2D eigenvalue weighted by molar-refractivity contribution is -0.122. The van der Waals surface area contributed by atoms with Crippen molar-refractivity contribution in [3.63, 3.8) is 0 Å². The van der Waals surface area contributed by atoms with Crippen LogP contribution in [0.3, 0.4) is 0 Å². The maximum atomic E-state index is 14.4. The maximum absolute atomic E-state index is 14.4. The number of anilines is 1. The summed E-state index contributed by atoms with van der Waals surface area (Å²) in [5, 5.41) is 0. The van der Waals surface area contributed by atoms with Crippen LogP contribution in [0, 0.1) is 18.8 Å². The van der Waals surface area contributed by atoms with E-state index in [1.165, 1.54) is 4.90 Å². The molecule has 39 heavy (non-hydrogen) atoms. The van der Waals surface area contributed by atoms with Crippen LogP contribution in [-0.4, -0.2) is 24.6 Å². The Morgan fingerprint density at radius 3 is 2.05 bits per heavy atom. The normalized spacial score (nSPS) is 24.6. The number of amides is 2. The number of hydrogen-bond donors (Lipinski definition) is 0. The van der Waals surface area contributed by atoms with Gasteiger partial charge in [-0.3, -0.25) is 14.6 Å². The SMILES string of the molecule is CCOc1ccc(N2C(=O)[C@@H]3C4c5ccccc5C(C=Nc5ccc(C)cc5)(c5ccccc54)[C@@H]3C2=O)cc1. The van der Waals surface area contributed by atoms with Gasteiger partial charge in [0.05, 0.1) is 35.2 Å². The summed E-state index contributed by atoms with van der Waals surface area (Å²) in [6.45, 7) is 4.52. The van der Waals surface area contributed by atoms with Crippen LogP contribution in [0.15, 0.2) is 102 Å². The summed E-state index contributed by atoms with van der Waals surface area (Å²) in [4.78, 5) is 35.1. The fourth-order valence-corrected chi connectivity index (χ4v) is 6.97. The Bertz CT molecular complexity index is 1590. The fourth-order valence-electron chi connectivity index (χ4n) is 6.97. The molecule has 1 aliphatic heterocycles. The molecule has 2 atom stereocenters. The van der Waals surface area contributed by atoms with E-state index in [4.69, 9.17) is 9.73 Å². The second-order valence-corrected chi connectivity index (χ2v) is 10.6. The van der Waals surface area contributed by atoms with Crippen LogP contribution in [0.5, 0.6) is 5.75 Å². The van der Waals surface area contributed by atoms with E-state index in [0.29, 0.717) is 18.0 Å². The molecule has 0 spiro atoms. The van der Waals surface area contributed by atoms with Gasteiger partial charge in [-0.25, -0.2) is 4.90 Å². The molecule has 0 saturated carbocycles. The van der Waals surface area contributed by atoms with E-state index < -0.39 is 17.3 Å². The molecule has 0 N–H and O–H groups in total. The van der Waals surface area contributed by atoms with Gasteiger partial charge in [0.15, 0.2) is 0 Å². The van der Waals surface area contributed by atoms with Gasteiger partial charge in [-0.15, -0.1) is 0 Å². The van der Waals surface area contributed by atoms with Crippen molar-refractivity contribution in [3.05, 3.63) is 125 Å². The molecule has 1 saturated heterocycles. The standard InChI is InChI=1S/C34H28N2O3/c1-3-39-24-18-16-23(17-19-24)36-32(37)30-29-25-8-4-6-10-27(25)34(31(30)33(36)38,28-11-7-5-9-26(28)29)20-35-22-14-12-21(2)13-15-22/h4-20,29-31H,3H2,1-2H3/t29?,30-,31+,34?/m1/s1. The summed E-state index contributed by atoms with van der Waals surface area (Å²) in [7, 11) is 0. The zero-order chi connectivity index (χ0) is 26.7. The third kappa shape index (κ3) is 3.29. The zero-order valence-electron chi connectivity index (χ0n) is 21.9. The number of hydrogen-bond acceptors (Lipinski definition) is 4. The first kappa shape index (κ1) is 23.6. The highest BCUT2D eigenvalue weighted by Gasteiger charge is 2.67. The summed E-state index contributed by atoms with van der Waals surface area (Å²) >= 11 is 0. The van der Waals surface area contributed by atoms with Crippen molar-refractivity contribution in [3.8, 4) is 5.75 Å². The zero-order valence-corrected chi connectivity index (χ0v) is 21.9. The Labute approximate surface area is 227 Å². The van der Waals surface area contributed by atoms with Crippen LogP contribution in [0.4, 0.5) is 11.4 Å². The highest BCUT2D eigenvalue weighted by atomic mass is 16.5. The molecule has 4 aromatic rings. The summed E-state index contributed by atoms with van der Waals surface area (Å²) in [6, 6.07) is 31.8. The smallest absolute Gasteiger partial charge is 0.239 e. The number of carbonyl (C=O) groups is 2. The van der Waals surface area contributed by atoms with Crippen molar-refractivity contribution in [2.75, 3.05) is 11.5 Å². The van der Waals surface area contributed by atoms with Gasteiger partial charge < -0.3 is 4.74 Å². The van der Waals surface area contributed by atoms with Gasteiger partial charge in [0.1, 0.15) is 5.75 Å². The number of aliphatic imine (C=N–C) groups is 1. The van der Waals surface area contributed by atoms with E-state index in [1.807, 2.05) is 80.7 Å². The Kier molecular flexibility index (Phi) is 5.31. The fraction of sp³-hybridized carbons (Fsp3) is 0.206. The highest BCUT2D eigenvalue weighted by molar-refractivity contribution is 6.25. The number of carbonyl (C=O) groups excluding carboxylic acids is 2. The molecule has 5 heteroatoms. The predicted octanol–water partition coefficient (Wildman–Crippen LogP) is 6.35. The van der Waals surface area contributed by atoms with Gasteiger partial charge in [-0.05, 0) is 72.5 Å². The van der Waals surface area contributed by atoms with Crippen LogP contribution in [0.1, 0.15) is 40.7 Å². The number of imide groups is 1. The molecule has 2 amide bonds. The van der Waals surface area contributed by atoms with Crippen molar-refractivity contribution >= 4 is 29.4 Å². The molecule has 0 unspecified atom stereocenters. The highest BCUT2D eigenvalue weighted by Crippen LogP contribution is 2.63. The van der Waals surface area contributed by atoms with Crippen molar-refractivity contribution in [2.24, 2.45) is 16.8 Å². The van der Waals surface area contributed by atoms with Crippen LogP contribution in [0.25, 0.3) is 0 Å². The number of rotatable bonds is 5. The quantitative estimate of drug-likeness (QED) is 0.231. The lowest BCUT2D eigenvalue weighted by atomic mass is 9.47. The average molecular weight is 513 g/mol. The number of benzene rings is 4. The van der Waals surface area contributed by atoms with Gasteiger partial charge in [0.2, 0.25) is 11.8 Å². The molecule has 4 aromatic carbocycles. The topological polar surface area (TPSA) is 59.0 Å². The summed E-state index contributed by atoms with van der Waals surface area (Å²) < 4.78 is 5.59. The Hall–Kier alpha value is -4.51. The van der Waals surface area contributed by atoms with Gasteiger partial charge in [-0.2, -0.15) is 0 Å². The summed E-state index contributed by atoms with van der Waals surface area (Å²) in [5.41, 5.74) is 5.98. The van der Waals surface area contributed by atoms with Gasteiger partial charge in [0.25, 0.3) is 0 Å². The van der Waals surface area contributed by atoms with Crippen molar-refractivity contribution in [1.29, 1.82) is 0 Å². The molecule has 1 fully saturated rings. The molecule has 5 nitrogen and oxygen atoms in total. The Balaban J connectivity index is 1.44. The lowest BCUT2D eigenvalue weighted by Gasteiger charge is -2.52. The molecule has 1 heterocycles. The van der Waals surface area contributed by atoms with E-state index in [0.717, 1.165) is 33.5 Å². The number of nitrogens with zero attached hydrogens (tertiary/aromatic N) is 2. The Morgan fingerprint density at radius 1 is 0.821 bits per heavy atom. The first-order chi connectivity index (χ1) is 19.0. The first-order valence-electron chi connectivity index (χ1n) is 13.5. The van der Waals surface area contributed by atoms with Gasteiger partial charge >= 0.3 is 0 Å². The third-order valence-electron chi connectivity index (χ3n) is 8.54. The van der Waals surface area contributed by atoms with Crippen molar-refractivity contribution in [1.82, 2.24) is 0 Å². The van der Waals surface area contributed by atoms with Crippen LogP contribution >= 0.6 is 0 Å². The maximum Gasteiger partial charge on any atom is 0.239 e. The molecule has 192 valence electrons. The largest absolute Gasteiger partial charge is 0.494 e. The van der Waals surface area contributed by atoms with Gasteiger partial charge in [-0.1, -0.05) is 66.2 Å². The molecule has 0 aromatic heterocycles. The summed E-state index contributed by atoms with van der Waals surface area (Å²) in [6.07, 6.45) is 1.94. The Morgan fingerprint density at radius 2 is 1.44 bits per heavy atom. The summed E-state index contributed by atoms with van der Waals surface area (Å²) in [5.74, 6) is -0.936. The third-order valence-corrected chi connectivity index (χ3v) is 8.54. The molecular formula is C34H28N2O3. The van der Waals surface area contributed by atoms with E-state index in [-0.39, 0.29) is 17.7 Å². The van der Waals surface area contributed by atoms with Crippen molar-refractivity contribution < 1.29 is 14.3 Å². The van der Waals surface area contributed by atoms with Crippen LogP contribution < -0.4 is 9.64 Å². The van der Waals surface area contributed by atoms with E-state index >= 15 is 0 Å². The van der Waals surface area contributed by atoms with E-state index in [2.05, 4.69) is 24.3 Å². The molecule has 0 radical (unpaired) electrons. The minimum atomic E-state index is -0.871. The molecular weight excluding hydrogens is 484 g/mol. The molecule has 2 bridgehead atoms. The predicted molar refractivity (Wildman–Crippen MR) is 152 cm³/mol. The van der Waals surface area contributed by atoms with E-state index in [9.17, 15) is 9.59 Å². The second kappa shape index (κ2) is 8.77. The molecule has 4 aliphatic rings. The first-order valence-corrected chi connectivity index (χ1v) is 13.5. The number of ether oxygens (including phenoxy) is 1.